The van der Waals surface area contributed by atoms with Gasteiger partial charge in [-0.15, -0.1) is 0 Å². The number of rotatable bonds is 3. The van der Waals surface area contributed by atoms with Crippen LogP contribution in [-0.4, -0.2) is 34.4 Å². The molecule has 1 atom stereocenters. The van der Waals surface area contributed by atoms with E-state index in [0.717, 1.165) is 49.5 Å². The Kier molecular flexibility index (Phi) is 3.62. The molecule has 1 saturated heterocycles. The van der Waals surface area contributed by atoms with Crippen LogP contribution in [0.1, 0.15) is 18.6 Å². The third kappa shape index (κ3) is 3.03. The number of hydrogen-bond donors (Lipinski definition) is 1. The van der Waals surface area contributed by atoms with Crippen molar-refractivity contribution in [1.82, 2.24) is 10.1 Å². The summed E-state index contributed by atoms with van der Waals surface area (Å²) in [6.07, 6.45) is 1.74. The van der Waals surface area contributed by atoms with Crippen molar-refractivity contribution < 1.29 is 9.63 Å². The van der Waals surface area contributed by atoms with Crippen LogP contribution in [0.25, 0.3) is 11.3 Å². The summed E-state index contributed by atoms with van der Waals surface area (Å²) in [6, 6.07) is 12.0. The van der Waals surface area contributed by atoms with Gasteiger partial charge in [0.1, 0.15) is 5.69 Å². The van der Waals surface area contributed by atoms with E-state index in [-0.39, 0.29) is 6.10 Å². The second-order valence-electron chi connectivity index (χ2n) is 5.08. The molecule has 1 aliphatic rings. The third-order valence-electron chi connectivity index (χ3n) is 3.49. The number of piperidine rings is 1. The van der Waals surface area contributed by atoms with Crippen molar-refractivity contribution in [2.75, 3.05) is 13.1 Å². The molecule has 1 aromatic carbocycles. The van der Waals surface area contributed by atoms with Gasteiger partial charge in [-0.3, -0.25) is 4.90 Å². The summed E-state index contributed by atoms with van der Waals surface area (Å²) in [5, 5.41) is 13.8. The van der Waals surface area contributed by atoms with E-state index in [1.165, 1.54) is 0 Å². The van der Waals surface area contributed by atoms with Crippen molar-refractivity contribution in [3.63, 3.8) is 0 Å². The Morgan fingerprint density at radius 3 is 2.95 bits per heavy atom. The molecule has 1 N–H and O–H groups in total. The van der Waals surface area contributed by atoms with Crippen molar-refractivity contribution in [3.05, 3.63) is 42.2 Å². The molecule has 1 aliphatic heterocycles. The molecule has 4 nitrogen and oxygen atoms in total. The van der Waals surface area contributed by atoms with Crippen molar-refractivity contribution in [1.29, 1.82) is 0 Å². The molecule has 0 saturated carbocycles. The van der Waals surface area contributed by atoms with Crippen molar-refractivity contribution in [3.8, 4) is 11.3 Å². The van der Waals surface area contributed by atoms with Gasteiger partial charge in [0.05, 0.1) is 12.6 Å². The molecule has 4 heteroatoms. The van der Waals surface area contributed by atoms with Gasteiger partial charge in [0, 0.05) is 18.2 Å². The lowest BCUT2D eigenvalue weighted by Gasteiger charge is -2.28. The molecule has 2 heterocycles. The zero-order valence-corrected chi connectivity index (χ0v) is 10.8. The first kappa shape index (κ1) is 12.4. The van der Waals surface area contributed by atoms with Gasteiger partial charge in [0.2, 0.25) is 0 Å². The number of aromatic nitrogens is 1. The maximum absolute atomic E-state index is 9.65. The fourth-order valence-electron chi connectivity index (χ4n) is 2.53. The standard InChI is InChI=1S/C15H18N2O2/c18-13-7-4-8-17(10-13)11-14-9-15(16-19-14)12-5-2-1-3-6-12/h1-3,5-6,9,13,18H,4,7-8,10-11H2/t13-/m0/s1. The summed E-state index contributed by atoms with van der Waals surface area (Å²) in [5.74, 6) is 0.855. The van der Waals surface area contributed by atoms with Crippen LogP contribution in [0.15, 0.2) is 40.9 Å². The third-order valence-corrected chi connectivity index (χ3v) is 3.49. The fraction of sp³-hybridized carbons (Fsp3) is 0.400. The normalized spacial score (nSPS) is 20.6. The van der Waals surface area contributed by atoms with Gasteiger partial charge in [0.15, 0.2) is 5.76 Å². The van der Waals surface area contributed by atoms with Crippen LogP contribution < -0.4 is 0 Å². The molecule has 0 spiro atoms. The Balaban J connectivity index is 1.68. The van der Waals surface area contributed by atoms with Crippen molar-refractivity contribution in [2.24, 2.45) is 0 Å². The number of aliphatic hydroxyl groups excluding tert-OH is 1. The monoisotopic (exact) mass is 258 g/mol. The Morgan fingerprint density at radius 2 is 2.16 bits per heavy atom. The number of benzene rings is 1. The molecule has 1 aromatic heterocycles. The maximum Gasteiger partial charge on any atom is 0.151 e. The van der Waals surface area contributed by atoms with Crippen molar-refractivity contribution in [2.45, 2.75) is 25.5 Å². The van der Waals surface area contributed by atoms with E-state index in [4.69, 9.17) is 4.52 Å². The Bertz CT molecular complexity index is 524. The molecular formula is C15H18N2O2. The molecule has 1 fully saturated rings. The average Bonchev–Trinajstić information content (AvgIpc) is 2.88. The number of β-amino-alcohol motifs (C(OH)–C–C–N with tert-alkyl or cyclic N) is 1. The number of nitrogens with zero attached hydrogens (tertiary/aromatic N) is 2. The SMILES string of the molecule is O[C@H]1CCCN(Cc2cc(-c3ccccc3)no2)C1. The van der Waals surface area contributed by atoms with Gasteiger partial charge in [-0.25, -0.2) is 0 Å². The second kappa shape index (κ2) is 5.55. The van der Waals surface area contributed by atoms with Crippen LogP contribution in [0.4, 0.5) is 0 Å². The molecular weight excluding hydrogens is 240 g/mol. The van der Waals surface area contributed by atoms with Crippen LogP contribution in [0.3, 0.4) is 0 Å². The van der Waals surface area contributed by atoms with E-state index in [2.05, 4.69) is 10.1 Å². The zero-order valence-electron chi connectivity index (χ0n) is 10.8. The maximum atomic E-state index is 9.65. The molecule has 0 amide bonds. The molecule has 0 unspecified atom stereocenters. The topological polar surface area (TPSA) is 49.5 Å². The lowest BCUT2D eigenvalue weighted by atomic mass is 10.1. The first-order valence-corrected chi connectivity index (χ1v) is 6.73. The van der Waals surface area contributed by atoms with Crippen LogP contribution in [0.2, 0.25) is 0 Å². The molecule has 2 aromatic rings. The van der Waals surface area contributed by atoms with Crippen LogP contribution >= 0.6 is 0 Å². The van der Waals surface area contributed by atoms with E-state index < -0.39 is 0 Å². The summed E-state index contributed by atoms with van der Waals surface area (Å²) in [7, 11) is 0. The second-order valence-corrected chi connectivity index (χ2v) is 5.08. The fourth-order valence-corrected chi connectivity index (χ4v) is 2.53. The highest BCUT2D eigenvalue weighted by atomic mass is 16.5. The van der Waals surface area contributed by atoms with E-state index in [9.17, 15) is 5.11 Å². The van der Waals surface area contributed by atoms with Gasteiger partial charge >= 0.3 is 0 Å². The van der Waals surface area contributed by atoms with Gasteiger partial charge in [-0.2, -0.15) is 0 Å². The lowest BCUT2D eigenvalue weighted by Crippen LogP contribution is -2.37. The minimum Gasteiger partial charge on any atom is -0.392 e. The van der Waals surface area contributed by atoms with Gasteiger partial charge < -0.3 is 9.63 Å². The lowest BCUT2D eigenvalue weighted by molar-refractivity contribution is 0.0622. The number of hydrogen-bond acceptors (Lipinski definition) is 4. The first-order valence-electron chi connectivity index (χ1n) is 6.73. The van der Waals surface area contributed by atoms with Crippen LogP contribution in [0.5, 0.6) is 0 Å². The van der Waals surface area contributed by atoms with Crippen molar-refractivity contribution >= 4 is 0 Å². The summed E-state index contributed by atoms with van der Waals surface area (Å²) < 4.78 is 5.38. The molecule has 0 bridgehead atoms. The predicted molar refractivity (Wildman–Crippen MR) is 72.5 cm³/mol. The molecule has 0 radical (unpaired) electrons. The number of aliphatic hydroxyl groups is 1. The molecule has 100 valence electrons. The molecule has 19 heavy (non-hydrogen) atoms. The molecule has 0 aliphatic carbocycles. The smallest absolute Gasteiger partial charge is 0.151 e. The summed E-state index contributed by atoms with van der Waals surface area (Å²) in [4.78, 5) is 2.21. The highest BCUT2D eigenvalue weighted by Crippen LogP contribution is 2.20. The van der Waals surface area contributed by atoms with Gasteiger partial charge in [-0.05, 0) is 19.4 Å². The molecule has 3 rings (SSSR count). The predicted octanol–water partition coefficient (Wildman–Crippen LogP) is 2.30. The highest BCUT2D eigenvalue weighted by molar-refractivity contribution is 5.58. The largest absolute Gasteiger partial charge is 0.392 e. The summed E-state index contributed by atoms with van der Waals surface area (Å²) >= 11 is 0. The first-order chi connectivity index (χ1) is 9.31. The zero-order chi connectivity index (χ0) is 13.1. The van der Waals surface area contributed by atoms with E-state index >= 15 is 0 Å². The summed E-state index contributed by atoms with van der Waals surface area (Å²) in [6.45, 7) is 2.46. The Hall–Kier alpha value is -1.65. The minimum absolute atomic E-state index is 0.203. The minimum atomic E-state index is -0.203. The van der Waals surface area contributed by atoms with Gasteiger partial charge in [-0.1, -0.05) is 35.5 Å². The quantitative estimate of drug-likeness (QED) is 0.917. The average molecular weight is 258 g/mol. The number of likely N-dealkylation sites (tertiary alicyclic amines) is 1. The van der Waals surface area contributed by atoms with E-state index in [1.807, 2.05) is 36.4 Å². The van der Waals surface area contributed by atoms with E-state index in [1.54, 1.807) is 0 Å². The van der Waals surface area contributed by atoms with Crippen LogP contribution in [0, 0.1) is 0 Å². The highest BCUT2D eigenvalue weighted by Gasteiger charge is 2.19. The van der Waals surface area contributed by atoms with Crippen LogP contribution in [-0.2, 0) is 6.54 Å². The Labute approximate surface area is 112 Å². The summed E-state index contributed by atoms with van der Waals surface area (Å²) in [5.41, 5.74) is 1.93. The Morgan fingerprint density at radius 1 is 1.32 bits per heavy atom. The van der Waals surface area contributed by atoms with Gasteiger partial charge in [0.25, 0.3) is 0 Å². The van der Waals surface area contributed by atoms with E-state index in [0.29, 0.717) is 0 Å².